The van der Waals surface area contributed by atoms with Crippen LogP contribution < -0.4 is 0 Å². The molecule has 0 heterocycles. The number of ether oxygens (including phenoxy) is 2. The van der Waals surface area contributed by atoms with Crippen LogP contribution >= 0.6 is 0 Å². The molecule has 0 aromatic rings. The topological polar surface area (TPSA) is 52.6 Å². The van der Waals surface area contributed by atoms with Crippen molar-refractivity contribution in [2.24, 2.45) is 0 Å². The number of ketones is 1. The fourth-order valence-electron chi connectivity index (χ4n) is 0.549. The molecule has 68 valence electrons. The molecular formula is C8H12O4. The van der Waals surface area contributed by atoms with Crippen molar-refractivity contribution in [1.82, 2.24) is 0 Å². The Morgan fingerprint density at radius 1 is 1.42 bits per heavy atom. The van der Waals surface area contributed by atoms with Crippen LogP contribution in [0.3, 0.4) is 0 Å². The van der Waals surface area contributed by atoms with Gasteiger partial charge in [0.05, 0.1) is 19.3 Å². The lowest BCUT2D eigenvalue weighted by atomic mass is 10.3. The predicted molar refractivity (Wildman–Crippen MR) is 42.4 cm³/mol. The van der Waals surface area contributed by atoms with Crippen molar-refractivity contribution in [3.63, 3.8) is 0 Å². The van der Waals surface area contributed by atoms with Crippen LogP contribution in [-0.2, 0) is 19.1 Å². The molecule has 0 atom stereocenters. The molecule has 0 aliphatic rings. The summed E-state index contributed by atoms with van der Waals surface area (Å²) in [5.74, 6) is -0.252. The van der Waals surface area contributed by atoms with E-state index in [0.29, 0.717) is 0 Å². The largest absolute Gasteiger partial charge is 0.486 e. The molecule has 0 unspecified atom stereocenters. The van der Waals surface area contributed by atoms with Gasteiger partial charge in [-0.3, -0.25) is 4.79 Å². The molecule has 0 aromatic carbocycles. The lowest BCUT2D eigenvalue weighted by Gasteiger charge is -2.05. The maximum Gasteiger partial charge on any atom is 0.343 e. The molecule has 0 aliphatic heterocycles. The van der Waals surface area contributed by atoms with E-state index in [4.69, 9.17) is 4.74 Å². The molecule has 0 saturated heterocycles. The number of rotatable bonds is 5. The average molecular weight is 172 g/mol. The molecule has 0 bridgehead atoms. The fraction of sp³-hybridized carbons (Fsp3) is 0.500. The predicted octanol–water partition coefficient (Wildman–Crippen LogP) is 0.669. The van der Waals surface area contributed by atoms with Gasteiger partial charge in [-0.05, 0) is 6.92 Å². The van der Waals surface area contributed by atoms with Gasteiger partial charge in [-0.2, -0.15) is 0 Å². The van der Waals surface area contributed by atoms with Gasteiger partial charge in [0.2, 0.25) is 0 Å². The zero-order chi connectivity index (χ0) is 9.56. The van der Waals surface area contributed by atoms with Crippen LogP contribution in [-0.4, -0.2) is 25.5 Å². The Bertz CT molecular complexity index is 195. The average Bonchev–Trinajstić information content (AvgIpc) is 1.99. The van der Waals surface area contributed by atoms with E-state index in [2.05, 4.69) is 11.3 Å². The van der Waals surface area contributed by atoms with Crippen LogP contribution in [0.4, 0.5) is 0 Å². The molecule has 4 heteroatoms. The van der Waals surface area contributed by atoms with Gasteiger partial charge >= 0.3 is 5.97 Å². The van der Waals surface area contributed by atoms with Gasteiger partial charge in [0, 0.05) is 0 Å². The Balaban J connectivity index is 3.57. The number of allylic oxidation sites excluding steroid dienone is 1. The molecule has 0 radical (unpaired) electrons. The number of methoxy groups -OCH3 is 1. The third-order valence-electron chi connectivity index (χ3n) is 1.07. The van der Waals surface area contributed by atoms with Gasteiger partial charge in [-0.25, -0.2) is 4.79 Å². The van der Waals surface area contributed by atoms with Crippen LogP contribution in [0.1, 0.15) is 13.3 Å². The van der Waals surface area contributed by atoms with Crippen molar-refractivity contribution >= 4 is 11.8 Å². The fourth-order valence-corrected chi connectivity index (χ4v) is 0.549. The Morgan fingerprint density at radius 3 is 2.42 bits per heavy atom. The van der Waals surface area contributed by atoms with E-state index in [9.17, 15) is 9.59 Å². The summed E-state index contributed by atoms with van der Waals surface area (Å²) in [6, 6.07) is 0. The number of carbonyl (C=O) groups excluding carboxylic acids is 2. The van der Waals surface area contributed by atoms with E-state index in [1.54, 1.807) is 0 Å². The number of Topliss-reactive ketones (excluding diaryl/α,β-unsaturated/α-hetero) is 1. The van der Waals surface area contributed by atoms with E-state index in [0.717, 1.165) is 0 Å². The van der Waals surface area contributed by atoms with E-state index in [1.165, 1.54) is 14.0 Å². The molecule has 0 aliphatic carbocycles. The smallest absolute Gasteiger partial charge is 0.343 e. The second kappa shape index (κ2) is 5.35. The summed E-state index contributed by atoms with van der Waals surface area (Å²) in [6.45, 7) is 4.68. The lowest BCUT2D eigenvalue weighted by Crippen LogP contribution is -2.10. The third-order valence-corrected chi connectivity index (χ3v) is 1.07. The number of hydrogen-bond acceptors (Lipinski definition) is 4. The van der Waals surface area contributed by atoms with Crippen molar-refractivity contribution in [1.29, 1.82) is 0 Å². The highest BCUT2D eigenvalue weighted by molar-refractivity contribution is 5.77. The molecule has 4 nitrogen and oxygen atoms in total. The maximum absolute atomic E-state index is 10.5. The number of hydrogen-bond donors (Lipinski definition) is 0. The zero-order valence-corrected chi connectivity index (χ0v) is 7.25. The van der Waals surface area contributed by atoms with E-state index in [1.807, 2.05) is 0 Å². The Hall–Kier alpha value is -1.32. The van der Waals surface area contributed by atoms with Gasteiger partial charge in [0.25, 0.3) is 0 Å². The lowest BCUT2D eigenvalue weighted by molar-refractivity contribution is -0.144. The van der Waals surface area contributed by atoms with Gasteiger partial charge in [0.15, 0.2) is 6.61 Å². The van der Waals surface area contributed by atoms with Crippen molar-refractivity contribution < 1.29 is 19.1 Å². The summed E-state index contributed by atoms with van der Waals surface area (Å²) >= 11 is 0. The van der Waals surface area contributed by atoms with Crippen molar-refractivity contribution in [2.75, 3.05) is 13.7 Å². The molecule has 0 rings (SSSR count). The number of carbonyl (C=O) groups is 2. The quantitative estimate of drug-likeness (QED) is 0.451. The highest BCUT2D eigenvalue weighted by Crippen LogP contribution is 2.00. The van der Waals surface area contributed by atoms with Crippen molar-refractivity contribution in [2.45, 2.75) is 13.3 Å². The summed E-state index contributed by atoms with van der Waals surface area (Å²) in [7, 11) is 1.26. The minimum Gasteiger partial charge on any atom is -0.486 e. The van der Waals surface area contributed by atoms with Crippen LogP contribution in [0.2, 0.25) is 0 Å². The monoisotopic (exact) mass is 172 g/mol. The van der Waals surface area contributed by atoms with E-state index < -0.39 is 5.97 Å². The van der Waals surface area contributed by atoms with E-state index in [-0.39, 0.29) is 24.6 Å². The van der Waals surface area contributed by atoms with Crippen LogP contribution in [0.15, 0.2) is 12.3 Å². The molecule has 0 saturated carbocycles. The Morgan fingerprint density at radius 2 is 2.00 bits per heavy atom. The van der Waals surface area contributed by atoms with Crippen LogP contribution in [0, 0.1) is 0 Å². The molecule has 0 fully saturated rings. The second-order valence-electron chi connectivity index (χ2n) is 2.28. The summed E-state index contributed by atoms with van der Waals surface area (Å²) in [4.78, 5) is 21.0. The summed E-state index contributed by atoms with van der Waals surface area (Å²) in [5.41, 5.74) is 0. The van der Waals surface area contributed by atoms with Crippen LogP contribution in [0.25, 0.3) is 0 Å². The Kier molecular flexibility index (Phi) is 4.76. The maximum atomic E-state index is 10.5. The normalized spacial score (nSPS) is 8.83. The highest BCUT2D eigenvalue weighted by Gasteiger charge is 2.03. The molecule has 0 N–H and O–H groups in total. The summed E-state index contributed by atoms with van der Waals surface area (Å²) in [6.07, 6.45) is 0.136. The first-order chi connectivity index (χ1) is 5.56. The first kappa shape index (κ1) is 10.7. The zero-order valence-electron chi connectivity index (χ0n) is 7.25. The minimum absolute atomic E-state index is 0.0511. The van der Waals surface area contributed by atoms with Gasteiger partial charge < -0.3 is 9.47 Å². The molecule has 0 amide bonds. The third kappa shape index (κ3) is 5.46. The van der Waals surface area contributed by atoms with Crippen molar-refractivity contribution in [3.8, 4) is 0 Å². The number of esters is 1. The van der Waals surface area contributed by atoms with Crippen molar-refractivity contribution in [3.05, 3.63) is 12.3 Å². The first-order valence-electron chi connectivity index (χ1n) is 3.43. The second-order valence-corrected chi connectivity index (χ2v) is 2.28. The highest BCUT2D eigenvalue weighted by atomic mass is 16.6. The van der Waals surface area contributed by atoms with E-state index >= 15 is 0 Å². The van der Waals surface area contributed by atoms with Gasteiger partial charge in [0.1, 0.15) is 5.78 Å². The molecule has 0 spiro atoms. The summed E-state index contributed by atoms with van der Waals surface area (Å²) < 4.78 is 9.13. The SMILES string of the molecule is C=C(CC(C)=O)OCC(=O)OC. The molecular weight excluding hydrogens is 160 g/mol. The molecule has 0 aromatic heterocycles. The summed E-state index contributed by atoms with van der Waals surface area (Å²) in [5, 5.41) is 0. The minimum atomic E-state index is -0.486. The van der Waals surface area contributed by atoms with Crippen LogP contribution in [0.5, 0.6) is 0 Å². The van der Waals surface area contributed by atoms with Gasteiger partial charge in [-0.15, -0.1) is 0 Å². The first-order valence-corrected chi connectivity index (χ1v) is 3.43. The molecule has 12 heavy (non-hydrogen) atoms. The van der Waals surface area contributed by atoms with Gasteiger partial charge in [-0.1, -0.05) is 6.58 Å². The standard InChI is InChI=1S/C8H12O4/c1-6(9)4-7(2)12-5-8(10)11-3/h2,4-5H2,1,3H3. The Labute approximate surface area is 71.2 Å².